The van der Waals surface area contributed by atoms with Gasteiger partial charge in [-0.25, -0.2) is 0 Å². The number of nitrogens with two attached hydrogens (primary N) is 1. The van der Waals surface area contributed by atoms with E-state index in [0.29, 0.717) is 6.04 Å². The van der Waals surface area contributed by atoms with Crippen LogP contribution < -0.4 is 5.73 Å². The van der Waals surface area contributed by atoms with Gasteiger partial charge in [-0.15, -0.1) is 0 Å². The van der Waals surface area contributed by atoms with Gasteiger partial charge in [0.1, 0.15) is 0 Å². The highest BCUT2D eigenvalue weighted by molar-refractivity contribution is 5.79. The Labute approximate surface area is 86.6 Å². The third kappa shape index (κ3) is 2.71. The molecule has 1 heterocycles. The van der Waals surface area contributed by atoms with E-state index in [1.54, 1.807) is 0 Å². The predicted octanol–water partition coefficient (Wildman–Crippen LogP) is 1.51. The quantitative estimate of drug-likeness (QED) is 0.747. The van der Waals surface area contributed by atoms with E-state index in [1.165, 1.54) is 25.7 Å². The number of primary amides is 1. The molecule has 3 heteroatoms. The van der Waals surface area contributed by atoms with E-state index in [-0.39, 0.29) is 11.9 Å². The van der Waals surface area contributed by atoms with E-state index in [9.17, 15) is 4.79 Å². The Hall–Kier alpha value is -0.570. The zero-order valence-corrected chi connectivity index (χ0v) is 9.33. The molecule has 0 aromatic carbocycles. The van der Waals surface area contributed by atoms with Gasteiger partial charge in [0.15, 0.2) is 0 Å². The van der Waals surface area contributed by atoms with Crippen LogP contribution in [0.15, 0.2) is 0 Å². The van der Waals surface area contributed by atoms with Crippen LogP contribution in [0.2, 0.25) is 0 Å². The van der Waals surface area contributed by atoms with E-state index in [1.807, 2.05) is 6.92 Å². The molecule has 1 aliphatic heterocycles. The van der Waals surface area contributed by atoms with Gasteiger partial charge in [0.2, 0.25) is 5.91 Å². The summed E-state index contributed by atoms with van der Waals surface area (Å²) in [6, 6.07) is 0.457. The number of hydrogen-bond donors (Lipinski definition) is 1. The fourth-order valence-electron chi connectivity index (χ4n) is 2.36. The molecule has 0 spiro atoms. The van der Waals surface area contributed by atoms with Gasteiger partial charge in [-0.05, 0) is 32.7 Å². The molecule has 1 saturated heterocycles. The lowest BCUT2D eigenvalue weighted by Gasteiger charge is -2.32. The minimum Gasteiger partial charge on any atom is -0.368 e. The van der Waals surface area contributed by atoms with Crippen LogP contribution in [0, 0.1) is 0 Å². The normalized spacial score (nSPS) is 26.9. The van der Waals surface area contributed by atoms with Gasteiger partial charge in [-0.3, -0.25) is 9.69 Å². The predicted molar refractivity (Wildman–Crippen MR) is 57.9 cm³/mol. The standard InChI is InChI=1S/C11H22N2O/c1-3-10(11(12)14)13-8-6-4-5-7-9(13)2/h9-10H,3-8H2,1-2H3,(H2,12,14). The summed E-state index contributed by atoms with van der Waals surface area (Å²) in [7, 11) is 0. The highest BCUT2D eigenvalue weighted by atomic mass is 16.1. The summed E-state index contributed by atoms with van der Waals surface area (Å²) in [5.41, 5.74) is 5.41. The Balaban J connectivity index is 2.65. The third-order valence-corrected chi connectivity index (χ3v) is 3.22. The van der Waals surface area contributed by atoms with Crippen LogP contribution >= 0.6 is 0 Å². The molecule has 0 bridgehead atoms. The summed E-state index contributed by atoms with van der Waals surface area (Å²) in [6.45, 7) is 5.27. The van der Waals surface area contributed by atoms with Gasteiger partial charge >= 0.3 is 0 Å². The summed E-state index contributed by atoms with van der Waals surface area (Å²) in [5, 5.41) is 0. The van der Waals surface area contributed by atoms with Gasteiger partial charge in [-0.2, -0.15) is 0 Å². The first-order valence-electron chi connectivity index (χ1n) is 5.72. The molecule has 1 rings (SSSR count). The molecule has 82 valence electrons. The maximum Gasteiger partial charge on any atom is 0.234 e. The number of hydrogen-bond acceptors (Lipinski definition) is 2. The average molecular weight is 198 g/mol. The van der Waals surface area contributed by atoms with E-state index in [4.69, 9.17) is 5.73 Å². The number of carbonyl (C=O) groups is 1. The minimum absolute atomic E-state index is 0.0527. The first-order valence-corrected chi connectivity index (χ1v) is 5.72. The molecule has 0 saturated carbocycles. The number of carbonyl (C=O) groups excluding carboxylic acids is 1. The monoisotopic (exact) mass is 198 g/mol. The molecular formula is C11H22N2O. The maximum atomic E-state index is 11.3. The van der Waals surface area contributed by atoms with Gasteiger partial charge in [0, 0.05) is 6.04 Å². The van der Waals surface area contributed by atoms with Crippen molar-refractivity contribution in [3.8, 4) is 0 Å². The molecule has 2 unspecified atom stereocenters. The molecule has 2 N–H and O–H groups in total. The Morgan fingerprint density at radius 1 is 1.50 bits per heavy atom. The SMILES string of the molecule is CCC(C(N)=O)N1CCCCCC1C. The second-order valence-corrected chi connectivity index (χ2v) is 4.26. The van der Waals surface area contributed by atoms with Gasteiger partial charge < -0.3 is 5.73 Å². The summed E-state index contributed by atoms with van der Waals surface area (Å²) in [4.78, 5) is 13.6. The largest absolute Gasteiger partial charge is 0.368 e. The van der Waals surface area contributed by atoms with Gasteiger partial charge in [-0.1, -0.05) is 19.8 Å². The van der Waals surface area contributed by atoms with Crippen LogP contribution in [0.3, 0.4) is 0 Å². The average Bonchev–Trinajstić information content (AvgIpc) is 2.33. The zero-order valence-electron chi connectivity index (χ0n) is 9.33. The van der Waals surface area contributed by atoms with Crippen molar-refractivity contribution in [1.29, 1.82) is 0 Å². The molecule has 0 aliphatic carbocycles. The molecule has 0 aromatic rings. The summed E-state index contributed by atoms with van der Waals surface area (Å²) < 4.78 is 0. The van der Waals surface area contributed by atoms with Crippen molar-refractivity contribution in [2.45, 2.75) is 58.0 Å². The highest BCUT2D eigenvalue weighted by Gasteiger charge is 2.26. The molecule has 1 aliphatic rings. The van der Waals surface area contributed by atoms with Crippen molar-refractivity contribution in [2.24, 2.45) is 5.73 Å². The second kappa shape index (κ2) is 5.35. The molecule has 1 amide bonds. The Kier molecular flexibility index (Phi) is 4.39. The van der Waals surface area contributed by atoms with E-state index < -0.39 is 0 Å². The van der Waals surface area contributed by atoms with Crippen molar-refractivity contribution in [2.75, 3.05) is 6.54 Å². The fourth-order valence-corrected chi connectivity index (χ4v) is 2.36. The van der Waals surface area contributed by atoms with E-state index in [0.717, 1.165) is 13.0 Å². The van der Waals surface area contributed by atoms with Crippen molar-refractivity contribution >= 4 is 5.91 Å². The van der Waals surface area contributed by atoms with Crippen molar-refractivity contribution in [3.63, 3.8) is 0 Å². The molecular weight excluding hydrogens is 176 g/mol. The van der Waals surface area contributed by atoms with Crippen LogP contribution in [0.25, 0.3) is 0 Å². The molecule has 14 heavy (non-hydrogen) atoms. The van der Waals surface area contributed by atoms with Crippen LogP contribution in [0.4, 0.5) is 0 Å². The van der Waals surface area contributed by atoms with E-state index >= 15 is 0 Å². The lowest BCUT2D eigenvalue weighted by molar-refractivity contribution is -0.124. The lowest BCUT2D eigenvalue weighted by Crippen LogP contribution is -2.48. The Morgan fingerprint density at radius 3 is 2.79 bits per heavy atom. The summed E-state index contributed by atoms with van der Waals surface area (Å²) in [6.07, 6.45) is 5.81. The first-order chi connectivity index (χ1) is 6.66. The number of likely N-dealkylation sites (tertiary alicyclic amines) is 1. The number of rotatable bonds is 3. The summed E-state index contributed by atoms with van der Waals surface area (Å²) in [5.74, 6) is -0.166. The fraction of sp³-hybridized carbons (Fsp3) is 0.909. The number of nitrogens with zero attached hydrogens (tertiary/aromatic N) is 1. The first kappa shape index (κ1) is 11.5. The van der Waals surface area contributed by atoms with Crippen molar-refractivity contribution in [3.05, 3.63) is 0 Å². The third-order valence-electron chi connectivity index (χ3n) is 3.22. The topological polar surface area (TPSA) is 46.3 Å². The smallest absolute Gasteiger partial charge is 0.234 e. The second-order valence-electron chi connectivity index (χ2n) is 4.26. The van der Waals surface area contributed by atoms with Crippen LogP contribution in [-0.2, 0) is 4.79 Å². The van der Waals surface area contributed by atoms with Gasteiger partial charge in [0.05, 0.1) is 6.04 Å². The summed E-state index contributed by atoms with van der Waals surface area (Å²) >= 11 is 0. The zero-order chi connectivity index (χ0) is 10.6. The van der Waals surface area contributed by atoms with Gasteiger partial charge in [0.25, 0.3) is 0 Å². The Morgan fingerprint density at radius 2 is 2.21 bits per heavy atom. The molecule has 3 nitrogen and oxygen atoms in total. The maximum absolute atomic E-state index is 11.3. The number of amides is 1. The van der Waals surface area contributed by atoms with Crippen LogP contribution in [0.5, 0.6) is 0 Å². The molecule has 0 radical (unpaired) electrons. The van der Waals surface area contributed by atoms with Crippen molar-refractivity contribution in [1.82, 2.24) is 4.90 Å². The minimum atomic E-state index is -0.166. The lowest BCUT2D eigenvalue weighted by atomic mass is 10.1. The molecule has 1 fully saturated rings. The molecule has 0 aromatic heterocycles. The highest BCUT2D eigenvalue weighted by Crippen LogP contribution is 2.19. The van der Waals surface area contributed by atoms with Crippen LogP contribution in [0.1, 0.15) is 46.0 Å². The Bertz CT molecular complexity index is 194. The van der Waals surface area contributed by atoms with Crippen LogP contribution in [-0.4, -0.2) is 29.4 Å². The van der Waals surface area contributed by atoms with E-state index in [2.05, 4.69) is 11.8 Å². The van der Waals surface area contributed by atoms with Crippen molar-refractivity contribution < 1.29 is 4.79 Å². The molecule has 2 atom stereocenters.